The average Bonchev–Trinajstić information content (AvgIpc) is 2.56. The molecule has 0 aliphatic carbocycles. The van der Waals surface area contributed by atoms with Gasteiger partial charge < -0.3 is 15.5 Å². The Kier molecular flexibility index (Phi) is 17.7. The molecular formula is C20H41NO2. The highest BCUT2D eigenvalue weighted by atomic mass is 16.3. The van der Waals surface area contributed by atoms with Crippen molar-refractivity contribution < 1.29 is 10.2 Å². The fourth-order valence-corrected chi connectivity index (χ4v) is 2.85. The Labute approximate surface area is 144 Å². The number of rotatable bonds is 17. The van der Waals surface area contributed by atoms with Crippen LogP contribution in [0.25, 0.3) is 0 Å². The lowest BCUT2D eigenvalue weighted by Crippen LogP contribution is -2.41. The molecule has 2 atom stereocenters. The van der Waals surface area contributed by atoms with Gasteiger partial charge in [-0.2, -0.15) is 0 Å². The fourth-order valence-electron chi connectivity index (χ4n) is 2.85. The monoisotopic (exact) mass is 327 g/mol. The van der Waals surface area contributed by atoms with Gasteiger partial charge in [-0.15, -0.1) is 0 Å². The number of aliphatic hydroxyl groups excluding tert-OH is 2. The second kappa shape index (κ2) is 18.0. The summed E-state index contributed by atoms with van der Waals surface area (Å²) in [7, 11) is 0. The first kappa shape index (κ1) is 22.6. The number of hydrogen-bond donors (Lipinski definition) is 3. The molecule has 0 radical (unpaired) electrons. The molecule has 0 saturated heterocycles. The molecular weight excluding hydrogens is 286 g/mol. The molecule has 0 rings (SSSR count). The van der Waals surface area contributed by atoms with Crippen LogP contribution in [0.15, 0.2) is 12.2 Å². The molecule has 0 aliphatic heterocycles. The van der Waals surface area contributed by atoms with E-state index in [1.54, 1.807) is 0 Å². The standard InChI is InChI=1S/C20H41NO2/c1-3-5-6-7-8-9-10-11-12-13-14-15-16-17-20(23)19(18-22)21-4-2/h16-17,19-23H,3-15,18H2,1-2H3/b17-16+. The first-order chi connectivity index (χ1) is 11.3. The van der Waals surface area contributed by atoms with Crippen molar-refractivity contribution in [3.8, 4) is 0 Å². The summed E-state index contributed by atoms with van der Waals surface area (Å²) in [4.78, 5) is 0. The lowest BCUT2D eigenvalue weighted by Gasteiger charge is -2.18. The predicted molar refractivity (Wildman–Crippen MR) is 101 cm³/mol. The largest absolute Gasteiger partial charge is 0.395 e. The minimum Gasteiger partial charge on any atom is -0.395 e. The molecule has 0 saturated carbocycles. The van der Waals surface area contributed by atoms with Gasteiger partial charge >= 0.3 is 0 Å². The Morgan fingerprint density at radius 3 is 1.83 bits per heavy atom. The molecule has 0 heterocycles. The van der Waals surface area contributed by atoms with Gasteiger partial charge in [0.05, 0.1) is 18.8 Å². The number of likely N-dealkylation sites (N-methyl/N-ethyl adjacent to an activating group) is 1. The van der Waals surface area contributed by atoms with Gasteiger partial charge in [-0.05, 0) is 19.4 Å². The van der Waals surface area contributed by atoms with Gasteiger partial charge in [-0.25, -0.2) is 0 Å². The van der Waals surface area contributed by atoms with E-state index in [-0.39, 0.29) is 12.6 Å². The molecule has 23 heavy (non-hydrogen) atoms. The van der Waals surface area contributed by atoms with Crippen LogP contribution in [0.1, 0.15) is 90.9 Å². The summed E-state index contributed by atoms with van der Waals surface area (Å²) < 4.78 is 0. The van der Waals surface area contributed by atoms with Crippen LogP contribution < -0.4 is 5.32 Å². The van der Waals surface area contributed by atoms with E-state index < -0.39 is 6.10 Å². The Balaban J connectivity index is 3.36. The molecule has 0 aliphatic rings. The van der Waals surface area contributed by atoms with Crippen LogP contribution in [-0.4, -0.2) is 35.5 Å². The second-order valence-corrected chi connectivity index (χ2v) is 6.59. The third-order valence-corrected chi connectivity index (χ3v) is 4.38. The maximum Gasteiger partial charge on any atom is 0.0896 e. The molecule has 138 valence electrons. The Morgan fingerprint density at radius 2 is 1.35 bits per heavy atom. The first-order valence-electron chi connectivity index (χ1n) is 9.95. The second-order valence-electron chi connectivity index (χ2n) is 6.59. The molecule has 3 nitrogen and oxygen atoms in total. The quantitative estimate of drug-likeness (QED) is 0.271. The van der Waals surface area contributed by atoms with Gasteiger partial charge in [0.2, 0.25) is 0 Å². The summed E-state index contributed by atoms with van der Waals surface area (Å²) in [5.74, 6) is 0. The average molecular weight is 328 g/mol. The van der Waals surface area contributed by atoms with E-state index in [9.17, 15) is 10.2 Å². The van der Waals surface area contributed by atoms with Crippen LogP contribution >= 0.6 is 0 Å². The molecule has 2 unspecified atom stereocenters. The Morgan fingerprint density at radius 1 is 0.826 bits per heavy atom. The van der Waals surface area contributed by atoms with Crippen LogP contribution in [-0.2, 0) is 0 Å². The van der Waals surface area contributed by atoms with Crippen LogP contribution in [0.2, 0.25) is 0 Å². The van der Waals surface area contributed by atoms with E-state index in [2.05, 4.69) is 18.3 Å². The van der Waals surface area contributed by atoms with Crippen LogP contribution in [0, 0.1) is 0 Å². The molecule has 0 bridgehead atoms. The summed E-state index contributed by atoms with van der Waals surface area (Å²) >= 11 is 0. The van der Waals surface area contributed by atoms with E-state index in [1.807, 2.05) is 13.0 Å². The predicted octanol–water partition coefficient (Wildman–Crippen LogP) is 4.58. The molecule has 0 aromatic heterocycles. The van der Waals surface area contributed by atoms with Gasteiger partial charge in [0, 0.05) is 0 Å². The van der Waals surface area contributed by atoms with Crippen molar-refractivity contribution in [2.24, 2.45) is 0 Å². The van der Waals surface area contributed by atoms with Crippen molar-refractivity contribution in [1.29, 1.82) is 0 Å². The highest BCUT2D eigenvalue weighted by Gasteiger charge is 2.13. The van der Waals surface area contributed by atoms with E-state index in [4.69, 9.17) is 0 Å². The maximum absolute atomic E-state index is 9.91. The molecule has 0 aromatic carbocycles. The minimum absolute atomic E-state index is 0.0300. The molecule has 3 heteroatoms. The Bertz CT molecular complexity index is 256. The summed E-state index contributed by atoms with van der Waals surface area (Å²) in [5.41, 5.74) is 0. The SMILES string of the molecule is CCCCCCCCCCCCC/C=C/C(O)C(CO)NCC. The maximum atomic E-state index is 9.91. The smallest absolute Gasteiger partial charge is 0.0896 e. The fraction of sp³-hybridized carbons (Fsp3) is 0.900. The highest BCUT2D eigenvalue weighted by molar-refractivity contribution is 4.94. The van der Waals surface area contributed by atoms with Gasteiger partial charge in [0.1, 0.15) is 0 Å². The zero-order chi connectivity index (χ0) is 17.2. The number of allylic oxidation sites excluding steroid dienone is 1. The Hall–Kier alpha value is -0.380. The zero-order valence-corrected chi connectivity index (χ0v) is 15.6. The summed E-state index contributed by atoms with van der Waals surface area (Å²) in [6, 6.07) is -0.242. The van der Waals surface area contributed by atoms with E-state index >= 15 is 0 Å². The zero-order valence-electron chi connectivity index (χ0n) is 15.6. The number of unbranched alkanes of at least 4 members (excludes halogenated alkanes) is 11. The van der Waals surface area contributed by atoms with Gasteiger partial charge in [0.15, 0.2) is 0 Å². The van der Waals surface area contributed by atoms with Gasteiger partial charge in [-0.1, -0.05) is 90.2 Å². The summed E-state index contributed by atoms with van der Waals surface area (Å²) in [5, 5.41) is 22.2. The molecule has 0 spiro atoms. The van der Waals surface area contributed by atoms with Crippen molar-refractivity contribution >= 4 is 0 Å². The van der Waals surface area contributed by atoms with Crippen LogP contribution in [0.3, 0.4) is 0 Å². The summed E-state index contributed by atoms with van der Waals surface area (Å²) in [6.07, 6.45) is 19.3. The lowest BCUT2D eigenvalue weighted by atomic mass is 10.0. The minimum atomic E-state index is -0.590. The van der Waals surface area contributed by atoms with E-state index in [1.165, 1.54) is 70.6 Å². The van der Waals surface area contributed by atoms with E-state index in [0.717, 1.165) is 13.0 Å². The summed E-state index contributed by atoms with van der Waals surface area (Å²) in [6.45, 7) is 4.97. The normalized spacial score (nSPS) is 14.4. The van der Waals surface area contributed by atoms with Gasteiger partial charge in [-0.3, -0.25) is 0 Å². The van der Waals surface area contributed by atoms with Gasteiger partial charge in [0.25, 0.3) is 0 Å². The van der Waals surface area contributed by atoms with Crippen LogP contribution in [0.5, 0.6) is 0 Å². The highest BCUT2D eigenvalue weighted by Crippen LogP contribution is 2.12. The first-order valence-corrected chi connectivity index (χ1v) is 9.95. The molecule has 0 aromatic rings. The third-order valence-electron chi connectivity index (χ3n) is 4.38. The van der Waals surface area contributed by atoms with Crippen LogP contribution in [0.4, 0.5) is 0 Å². The van der Waals surface area contributed by atoms with Crippen molar-refractivity contribution in [2.75, 3.05) is 13.2 Å². The van der Waals surface area contributed by atoms with Crippen molar-refractivity contribution in [1.82, 2.24) is 5.32 Å². The van der Waals surface area contributed by atoms with Crippen molar-refractivity contribution in [2.45, 2.75) is 103 Å². The topological polar surface area (TPSA) is 52.5 Å². The number of aliphatic hydroxyl groups is 2. The third kappa shape index (κ3) is 14.9. The molecule has 3 N–H and O–H groups in total. The molecule has 0 fully saturated rings. The number of hydrogen-bond acceptors (Lipinski definition) is 3. The van der Waals surface area contributed by atoms with Crippen molar-refractivity contribution in [3.05, 3.63) is 12.2 Å². The van der Waals surface area contributed by atoms with E-state index in [0.29, 0.717) is 0 Å². The lowest BCUT2D eigenvalue weighted by molar-refractivity contribution is 0.124. The van der Waals surface area contributed by atoms with Crippen molar-refractivity contribution in [3.63, 3.8) is 0 Å². The number of nitrogens with one attached hydrogen (secondary N) is 1. The molecule has 0 amide bonds.